The van der Waals surface area contributed by atoms with Crippen molar-refractivity contribution in [1.29, 1.82) is 0 Å². The quantitative estimate of drug-likeness (QED) is 0.433. The van der Waals surface area contributed by atoms with Crippen LogP contribution in [0, 0.1) is 9.49 Å². The number of carbonyl (C=O) groups excluding carboxylic acids is 1. The van der Waals surface area contributed by atoms with Gasteiger partial charge in [-0.2, -0.15) is 0 Å². The standard InChI is InChI=1S/C20H18IO/c1-15-9-8-14-18(20(22)16-10-4-2-5-11-16)19(15)21-17-12-6-3-7-13-17/h2-13,15H,14H2,1H3/q+1. The topological polar surface area (TPSA) is 17.1 Å². The summed E-state index contributed by atoms with van der Waals surface area (Å²) in [7, 11) is 0. The van der Waals surface area contributed by atoms with Crippen LogP contribution in [0.4, 0.5) is 0 Å². The Balaban J connectivity index is 1.96. The first-order valence-electron chi connectivity index (χ1n) is 7.45. The lowest BCUT2D eigenvalue weighted by molar-refractivity contribution is -0.582. The van der Waals surface area contributed by atoms with Crippen LogP contribution >= 0.6 is 0 Å². The van der Waals surface area contributed by atoms with E-state index in [2.05, 4.69) is 43.3 Å². The molecule has 1 unspecified atom stereocenters. The molecular weight excluding hydrogens is 383 g/mol. The first-order chi connectivity index (χ1) is 10.8. The lowest BCUT2D eigenvalue weighted by Crippen LogP contribution is -3.61. The van der Waals surface area contributed by atoms with E-state index in [9.17, 15) is 4.79 Å². The van der Waals surface area contributed by atoms with Crippen LogP contribution in [-0.2, 0) is 0 Å². The highest BCUT2D eigenvalue weighted by molar-refractivity contribution is 6.09. The molecule has 3 rings (SSSR count). The Bertz CT molecular complexity index is 714. The van der Waals surface area contributed by atoms with Crippen molar-refractivity contribution >= 4 is 5.78 Å². The van der Waals surface area contributed by atoms with Crippen LogP contribution in [0.3, 0.4) is 0 Å². The molecule has 0 amide bonds. The van der Waals surface area contributed by atoms with Crippen molar-refractivity contribution in [3.63, 3.8) is 0 Å². The van der Waals surface area contributed by atoms with Crippen molar-refractivity contribution in [2.75, 3.05) is 0 Å². The number of carbonyl (C=O) groups is 1. The summed E-state index contributed by atoms with van der Waals surface area (Å²) < 4.78 is 2.73. The molecular formula is C20H18IO+. The average molecular weight is 401 g/mol. The van der Waals surface area contributed by atoms with Gasteiger partial charge in [-0.25, -0.2) is 0 Å². The molecule has 1 aliphatic rings. The zero-order valence-corrected chi connectivity index (χ0v) is 14.7. The number of rotatable bonds is 4. The van der Waals surface area contributed by atoms with E-state index in [-0.39, 0.29) is 27.0 Å². The van der Waals surface area contributed by atoms with Crippen LogP contribution in [0.1, 0.15) is 23.7 Å². The van der Waals surface area contributed by atoms with E-state index in [1.807, 2.05) is 36.4 Å². The Morgan fingerprint density at radius 1 is 1.00 bits per heavy atom. The first-order valence-corrected chi connectivity index (χ1v) is 9.61. The molecule has 0 spiro atoms. The van der Waals surface area contributed by atoms with Gasteiger partial charge in [0.05, 0.1) is 5.57 Å². The summed E-state index contributed by atoms with van der Waals surface area (Å²) in [5.74, 6) is 0.562. The zero-order valence-electron chi connectivity index (χ0n) is 12.5. The lowest BCUT2D eigenvalue weighted by atomic mass is 9.93. The van der Waals surface area contributed by atoms with E-state index in [4.69, 9.17) is 0 Å². The fourth-order valence-electron chi connectivity index (χ4n) is 2.55. The Hall–Kier alpha value is -1.68. The maximum absolute atomic E-state index is 12.9. The van der Waals surface area contributed by atoms with Gasteiger partial charge in [-0.15, -0.1) is 0 Å². The molecule has 2 heteroatoms. The third-order valence-electron chi connectivity index (χ3n) is 3.69. The molecule has 0 aromatic heterocycles. The van der Waals surface area contributed by atoms with Crippen LogP contribution in [-0.4, -0.2) is 5.78 Å². The Morgan fingerprint density at radius 3 is 2.32 bits per heavy atom. The number of halogens is 1. The monoisotopic (exact) mass is 401 g/mol. The van der Waals surface area contributed by atoms with Crippen LogP contribution in [0.5, 0.6) is 0 Å². The molecule has 0 heterocycles. The molecule has 1 atom stereocenters. The van der Waals surface area contributed by atoms with Crippen molar-refractivity contribution < 1.29 is 26.0 Å². The zero-order chi connectivity index (χ0) is 15.4. The van der Waals surface area contributed by atoms with Crippen molar-refractivity contribution in [1.82, 2.24) is 0 Å². The molecule has 0 saturated heterocycles. The molecule has 0 radical (unpaired) electrons. The molecule has 0 aliphatic heterocycles. The molecule has 1 nitrogen and oxygen atoms in total. The largest absolute Gasteiger partial charge is 0.354 e. The van der Waals surface area contributed by atoms with E-state index in [0.717, 1.165) is 17.6 Å². The van der Waals surface area contributed by atoms with E-state index in [1.54, 1.807) is 0 Å². The minimum atomic E-state index is -0.293. The number of hydrogen-bond donors (Lipinski definition) is 0. The van der Waals surface area contributed by atoms with Crippen LogP contribution in [0.15, 0.2) is 82.0 Å². The average Bonchev–Trinajstić information content (AvgIpc) is 2.58. The number of hydrogen-bond acceptors (Lipinski definition) is 1. The molecule has 2 aromatic rings. The molecule has 0 N–H and O–H groups in total. The minimum Gasteiger partial charge on any atom is -0.289 e. The Labute approximate surface area is 142 Å². The third kappa shape index (κ3) is 3.38. The highest BCUT2D eigenvalue weighted by atomic mass is 127. The molecule has 0 fully saturated rings. The Kier molecular flexibility index (Phi) is 4.88. The maximum Gasteiger partial charge on any atom is 0.354 e. The minimum absolute atomic E-state index is 0.197. The summed E-state index contributed by atoms with van der Waals surface area (Å²) in [5.41, 5.74) is 1.81. The molecule has 2 aromatic carbocycles. The van der Waals surface area contributed by atoms with Crippen LogP contribution in [0.2, 0.25) is 0 Å². The SMILES string of the molecule is CC1C=CCC(C(=O)c2ccccc2)=C1[I+]c1ccccc1. The van der Waals surface area contributed by atoms with E-state index < -0.39 is 0 Å². The normalized spacial score (nSPS) is 17.6. The number of allylic oxidation sites excluding steroid dienone is 4. The fourth-order valence-corrected chi connectivity index (χ4v) is 5.49. The fraction of sp³-hybridized carbons (Fsp3) is 0.150. The number of benzene rings is 2. The van der Waals surface area contributed by atoms with Gasteiger partial charge >= 0.3 is 21.2 Å². The van der Waals surface area contributed by atoms with Crippen molar-refractivity contribution in [3.8, 4) is 0 Å². The van der Waals surface area contributed by atoms with Gasteiger partial charge in [0.15, 0.2) is 12.9 Å². The summed E-state index contributed by atoms with van der Waals surface area (Å²) in [6, 6.07) is 20.2. The number of Topliss-reactive ketones (excluding diaryl/α,β-unsaturated/α-hetero) is 1. The second kappa shape index (κ2) is 7.05. The van der Waals surface area contributed by atoms with Gasteiger partial charge in [-0.1, -0.05) is 67.6 Å². The molecule has 0 saturated carbocycles. The van der Waals surface area contributed by atoms with Crippen molar-refractivity contribution in [2.24, 2.45) is 5.92 Å². The summed E-state index contributed by atoms with van der Waals surface area (Å²) >= 11 is -0.293. The molecule has 0 bridgehead atoms. The molecule has 110 valence electrons. The van der Waals surface area contributed by atoms with E-state index >= 15 is 0 Å². The summed E-state index contributed by atoms with van der Waals surface area (Å²) in [6.45, 7) is 2.20. The Morgan fingerprint density at radius 2 is 1.64 bits per heavy atom. The van der Waals surface area contributed by atoms with Crippen molar-refractivity contribution in [2.45, 2.75) is 13.3 Å². The molecule has 22 heavy (non-hydrogen) atoms. The molecule has 1 aliphatic carbocycles. The van der Waals surface area contributed by atoms with Crippen LogP contribution < -0.4 is 21.2 Å². The van der Waals surface area contributed by atoms with Gasteiger partial charge in [0, 0.05) is 11.5 Å². The van der Waals surface area contributed by atoms with Gasteiger partial charge in [0.2, 0.25) is 0 Å². The second-order valence-corrected chi connectivity index (χ2v) is 8.28. The highest BCUT2D eigenvalue weighted by Gasteiger charge is 2.32. The van der Waals surface area contributed by atoms with Gasteiger partial charge < -0.3 is 0 Å². The van der Waals surface area contributed by atoms with Gasteiger partial charge in [-0.3, -0.25) is 4.79 Å². The summed E-state index contributed by atoms with van der Waals surface area (Å²) in [5, 5.41) is 0. The first kappa shape index (κ1) is 15.2. The number of ketones is 1. The van der Waals surface area contributed by atoms with Gasteiger partial charge in [-0.05, 0) is 18.6 Å². The third-order valence-corrected chi connectivity index (χ3v) is 7.25. The smallest absolute Gasteiger partial charge is 0.289 e. The predicted octanol–water partition coefficient (Wildman–Crippen LogP) is 1.68. The predicted molar refractivity (Wildman–Crippen MR) is 85.9 cm³/mol. The summed E-state index contributed by atoms with van der Waals surface area (Å²) in [6.07, 6.45) is 5.14. The van der Waals surface area contributed by atoms with E-state index in [0.29, 0.717) is 5.92 Å². The lowest BCUT2D eigenvalue weighted by Gasteiger charge is -2.13. The van der Waals surface area contributed by atoms with Gasteiger partial charge in [0.25, 0.3) is 0 Å². The van der Waals surface area contributed by atoms with Crippen molar-refractivity contribution in [3.05, 3.63) is 91.1 Å². The summed E-state index contributed by atoms with van der Waals surface area (Å²) in [4.78, 5) is 12.9. The van der Waals surface area contributed by atoms with Gasteiger partial charge in [0.1, 0.15) is 0 Å². The maximum atomic E-state index is 12.9. The van der Waals surface area contributed by atoms with E-state index in [1.165, 1.54) is 7.15 Å². The highest BCUT2D eigenvalue weighted by Crippen LogP contribution is 2.22. The van der Waals surface area contributed by atoms with Crippen LogP contribution in [0.25, 0.3) is 0 Å². The second-order valence-electron chi connectivity index (χ2n) is 5.33.